The van der Waals surface area contributed by atoms with Crippen LogP contribution in [0, 0.1) is 0 Å². The van der Waals surface area contributed by atoms with E-state index < -0.39 is 31.5 Å². The molecule has 0 amide bonds. The summed E-state index contributed by atoms with van der Waals surface area (Å²) in [4.78, 5) is 11.0. The Morgan fingerprint density at radius 3 is 2.21 bits per heavy atom. The second-order valence-electron chi connectivity index (χ2n) is 3.73. The fourth-order valence-corrected chi connectivity index (χ4v) is 3.44. The Bertz CT molecular complexity index is 537. The number of hydrogen-bond donors (Lipinski definition) is 0. The minimum atomic E-state index is -3.72. The summed E-state index contributed by atoms with van der Waals surface area (Å²) in [6.45, 7) is 1.11. The molecule has 0 aliphatic rings. The zero-order valence-electron chi connectivity index (χ0n) is 9.85. The largest absolute Gasteiger partial charge is 0.457 e. The standard InChI is InChI=1S/C11H11Cl3O4S/c1-8(15)18-10(11(12,13)14)7-19(16,17)9-5-3-2-4-6-9/h2-6,10H,7H2,1H3. The van der Waals surface area contributed by atoms with Gasteiger partial charge in [-0.15, -0.1) is 0 Å². The Labute approximate surface area is 126 Å². The number of hydrogen-bond acceptors (Lipinski definition) is 4. The molecule has 4 nitrogen and oxygen atoms in total. The van der Waals surface area contributed by atoms with Gasteiger partial charge in [0.15, 0.2) is 15.9 Å². The van der Waals surface area contributed by atoms with Crippen molar-refractivity contribution in [1.29, 1.82) is 0 Å². The average Bonchev–Trinajstić information content (AvgIpc) is 2.27. The van der Waals surface area contributed by atoms with Crippen LogP contribution in [0.1, 0.15) is 6.92 Å². The normalized spacial score (nSPS) is 13.9. The van der Waals surface area contributed by atoms with Crippen molar-refractivity contribution in [3.8, 4) is 0 Å². The lowest BCUT2D eigenvalue weighted by molar-refractivity contribution is -0.145. The van der Waals surface area contributed by atoms with E-state index in [1.165, 1.54) is 12.1 Å². The first-order valence-corrected chi connectivity index (χ1v) is 7.93. The molecule has 1 rings (SSSR count). The highest BCUT2D eigenvalue weighted by atomic mass is 35.6. The lowest BCUT2D eigenvalue weighted by Gasteiger charge is -2.23. The summed E-state index contributed by atoms with van der Waals surface area (Å²) in [5.74, 6) is -1.33. The van der Waals surface area contributed by atoms with E-state index in [1.54, 1.807) is 18.2 Å². The molecule has 0 aliphatic heterocycles. The predicted octanol–water partition coefficient (Wildman–Crippen LogP) is 2.76. The highest BCUT2D eigenvalue weighted by Crippen LogP contribution is 2.34. The van der Waals surface area contributed by atoms with Crippen molar-refractivity contribution in [1.82, 2.24) is 0 Å². The van der Waals surface area contributed by atoms with E-state index in [9.17, 15) is 13.2 Å². The van der Waals surface area contributed by atoms with Crippen LogP contribution in [0.5, 0.6) is 0 Å². The monoisotopic (exact) mass is 344 g/mol. The molecular formula is C11H11Cl3O4S. The van der Waals surface area contributed by atoms with Crippen molar-refractivity contribution in [2.45, 2.75) is 21.7 Å². The van der Waals surface area contributed by atoms with Gasteiger partial charge in [0.25, 0.3) is 0 Å². The third kappa shape index (κ3) is 5.18. The SMILES string of the molecule is CC(=O)OC(CS(=O)(=O)c1ccccc1)C(Cl)(Cl)Cl. The molecular weight excluding hydrogens is 335 g/mol. The van der Waals surface area contributed by atoms with Gasteiger partial charge in [-0.25, -0.2) is 8.42 Å². The Morgan fingerprint density at radius 1 is 1.26 bits per heavy atom. The molecule has 0 aromatic heterocycles. The molecule has 0 fully saturated rings. The van der Waals surface area contributed by atoms with Crippen molar-refractivity contribution >= 4 is 50.6 Å². The maximum atomic E-state index is 12.1. The first-order valence-electron chi connectivity index (χ1n) is 5.14. The Hall–Kier alpha value is -0.490. The van der Waals surface area contributed by atoms with Crippen molar-refractivity contribution in [2.24, 2.45) is 0 Å². The predicted molar refractivity (Wildman–Crippen MR) is 74.3 cm³/mol. The van der Waals surface area contributed by atoms with Gasteiger partial charge in [-0.05, 0) is 12.1 Å². The number of esters is 1. The van der Waals surface area contributed by atoms with Gasteiger partial charge in [0.05, 0.1) is 10.6 Å². The summed E-state index contributed by atoms with van der Waals surface area (Å²) in [5.41, 5.74) is 0. The topological polar surface area (TPSA) is 60.4 Å². The Morgan fingerprint density at radius 2 is 1.79 bits per heavy atom. The fourth-order valence-electron chi connectivity index (χ4n) is 1.32. The molecule has 106 valence electrons. The molecule has 0 radical (unpaired) electrons. The van der Waals surface area contributed by atoms with Crippen LogP contribution in [0.25, 0.3) is 0 Å². The van der Waals surface area contributed by atoms with E-state index in [0.29, 0.717) is 0 Å². The summed E-state index contributed by atoms with van der Waals surface area (Å²) >= 11 is 16.9. The number of rotatable bonds is 4. The van der Waals surface area contributed by atoms with Gasteiger partial charge in [0.2, 0.25) is 3.79 Å². The minimum absolute atomic E-state index is 0.0707. The number of benzene rings is 1. The molecule has 0 N–H and O–H groups in total. The zero-order valence-corrected chi connectivity index (χ0v) is 12.9. The summed E-state index contributed by atoms with van der Waals surface area (Å²) < 4.78 is 26.9. The first-order chi connectivity index (χ1) is 8.63. The average molecular weight is 346 g/mol. The van der Waals surface area contributed by atoms with Crippen LogP contribution < -0.4 is 0 Å². The lowest BCUT2D eigenvalue weighted by atomic mass is 10.4. The van der Waals surface area contributed by atoms with Gasteiger partial charge in [0.1, 0.15) is 0 Å². The van der Waals surface area contributed by atoms with Crippen LogP contribution in [-0.4, -0.2) is 30.0 Å². The highest BCUT2D eigenvalue weighted by Gasteiger charge is 2.39. The number of carbonyl (C=O) groups excluding carboxylic acids is 1. The second kappa shape index (κ2) is 6.31. The molecule has 1 aromatic carbocycles. The molecule has 0 heterocycles. The van der Waals surface area contributed by atoms with E-state index in [2.05, 4.69) is 0 Å². The third-order valence-corrected chi connectivity index (χ3v) is 4.61. The number of alkyl halides is 3. The van der Waals surface area contributed by atoms with Crippen LogP contribution in [-0.2, 0) is 19.4 Å². The molecule has 0 bridgehead atoms. The lowest BCUT2D eigenvalue weighted by Crippen LogP contribution is -2.37. The Kier molecular flexibility index (Phi) is 5.50. The highest BCUT2D eigenvalue weighted by molar-refractivity contribution is 7.91. The maximum Gasteiger partial charge on any atom is 0.303 e. The Balaban J connectivity index is 3.00. The molecule has 1 atom stereocenters. The molecule has 0 saturated heterocycles. The fraction of sp³-hybridized carbons (Fsp3) is 0.364. The number of sulfone groups is 1. The molecule has 1 unspecified atom stereocenters. The van der Waals surface area contributed by atoms with Gasteiger partial charge in [0, 0.05) is 6.92 Å². The van der Waals surface area contributed by atoms with Crippen molar-refractivity contribution in [3.05, 3.63) is 30.3 Å². The van der Waals surface area contributed by atoms with Gasteiger partial charge >= 0.3 is 5.97 Å². The van der Waals surface area contributed by atoms with E-state index in [4.69, 9.17) is 39.5 Å². The number of halogens is 3. The van der Waals surface area contributed by atoms with Crippen LogP contribution in [0.4, 0.5) is 0 Å². The van der Waals surface area contributed by atoms with E-state index in [-0.39, 0.29) is 4.90 Å². The second-order valence-corrected chi connectivity index (χ2v) is 8.14. The van der Waals surface area contributed by atoms with Gasteiger partial charge in [-0.2, -0.15) is 0 Å². The summed E-state index contributed by atoms with van der Waals surface area (Å²) in [5, 5.41) is 0. The van der Waals surface area contributed by atoms with Gasteiger partial charge in [-0.3, -0.25) is 4.79 Å². The van der Waals surface area contributed by atoms with Crippen molar-refractivity contribution in [3.63, 3.8) is 0 Å². The number of carbonyl (C=O) groups is 1. The maximum absolute atomic E-state index is 12.1. The summed E-state index contributed by atoms with van der Waals surface area (Å²) in [6.07, 6.45) is -1.37. The van der Waals surface area contributed by atoms with Gasteiger partial charge in [-0.1, -0.05) is 53.0 Å². The number of ether oxygens (including phenoxy) is 1. The molecule has 19 heavy (non-hydrogen) atoms. The third-order valence-electron chi connectivity index (χ3n) is 2.15. The summed E-state index contributed by atoms with van der Waals surface area (Å²) in [6, 6.07) is 7.65. The van der Waals surface area contributed by atoms with E-state index >= 15 is 0 Å². The first kappa shape index (κ1) is 16.6. The summed E-state index contributed by atoms with van der Waals surface area (Å²) in [7, 11) is -3.72. The molecule has 0 spiro atoms. The van der Waals surface area contributed by atoms with Crippen molar-refractivity contribution < 1.29 is 17.9 Å². The van der Waals surface area contributed by atoms with E-state index in [0.717, 1.165) is 6.92 Å². The van der Waals surface area contributed by atoms with Crippen LogP contribution in [0.15, 0.2) is 35.2 Å². The molecule has 0 aliphatic carbocycles. The van der Waals surface area contributed by atoms with Crippen molar-refractivity contribution in [2.75, 3.05) is 5.75 Å². The van der Waals surface area contributed by atoms with Crippen LogP contribution in [0.2, 0.25) is 0 Å². The minimum Gasteiger partial charge on any atom is -0.457 e. The molecule has 0 saturated carbocycles. The molecule has 1 aromatic rings. The van der Waals surface area contributed by atoms with E-state index in [1.807, 2.05) is 0 Å². The molecule has 8 heteroatoms. The van der Waals surface area contributed by atoms with Crippen LogP contribution >= 0.6 is 34.8 Å². The quantitative estimate of drug-likeness (QED) is 0.622. The van der Waals surface area contributed by atoms with Crippen LogP contribution in [0.3, 0.4) is 0 Å². The zero-order chi connectivity index (χ0) is 14.7. The smallest absolute Gasteiger partial charge is 0.303 e. The van der Waals surface area contributed by atoms with Gasteiger partial charge < -0.3 is 4.74 Å².